The van der Waals surface area contributed by atoms with Gasteiger partial charge in [-0.3, -0.25) is 0 Å². The van der Waals surface area contributed by atoms with E-state index in [9.17, 15) is 0 Å². The van der Waals surface area contributed by atoms with Gasteiger partial charge in [-0.25, -0.2) is 4.98 Å². The predicted molar refractivity (Wildman–Crippen MR) is 79.6 cm³/mol. The maximum absolute atomic E-state index is 5.32. The van der Waals surface area contributed by atoms with Gasteiger partial charge in [0.15, 0.2) is 0 Å². The number of hydrogen-bond donors (Lipinski definition) is 0. The number of thiazole rings is 1. The summed E-state index contributed by atoms with van der Waals surface area (Å²) in [4.78, 5) is 4.77. The molecule has 0 unspecified atom stereocenters. The first-order valence-electron chi connectivity index (χ1n) is 6.21. The largest absolute Gasteiger partial charge is 0.360 e. The second-order valence-electron chi connectivity index (χ2n) is 4.23. The van der Waals surface area contributed by atoms with E-state index in [1.54, 1.807) is 14.2 Å². The molecule has 0 aliphatic rings. The highest BCUT2D eigenvalue weighted by atomic mass is 32.1. The molecule has 0 aliphatic carbocycles. The summed E-state index contributed by atoms with van der Waals surface area (Å²) in [6.07, 6.45) is 2.21. The van der Waals surface area contributed by atoms with Crippen molar-refractivity contribution < 1.29 is 9.47 Å². The van der Waals surface area contributed by atoms with Crippen LogP contribution in [0.25, 0.3) is 10.2 Å². The fourth-order valence-electron chi connectivity index (χ4n) is 1.98. The van der Waals surface area contributed by atoms with E-state index in [1.165, 1.54) is 14.9 Å². The van der Waals surface area contributed by atoms with Gasteiger partial charge in [0.05, 0.1) is 15.2 Å². The molecule has 0 radical (unpaired) electrons. The number of benzene rings is 1. The highest BCUT2D eigenvalue weighted by Gasteiger charge is 2.13. The van der Waals surface area contributed by atoms with Gasteiger partial charge < -0.3 is 9.47 Å². The number of aryl methyl sites for hydroxylation is 1. The molecule has 1 aromatic heterocycles. The SMILES string of the molecule is CCCc1nc2c([SiH2]C(OC)OC)cccc2s1. The molecule has 0 saturated heterocycles. The highest BCUT2D eigenvalue weighted by molar-refractivity contribution is 7.18. The first-order valence-corrected chi connectivity index (χ1v) is 8.55. The van der Waals surface area contributed by atoms with E-state index in [4.69, 9.17) is 14.5 Å². The van der Waals surface area contributed by atoms with Crippen molar-refractivity contribution in [3.05, 3.63) is 23.2 Å². The van der Waals surface area contributed by atoms with Gasteiger partial charge in [-0.05, 0) is 24.1 Å². The summed E-state index contributed by atoms with van der Waals surface area (Å²) in [6.45, 7) is 2.19. The molecular weight excluding hydrogens is 262 g/mol. The number of hydrogen-bond acceptors (Lipinski definition) is 4. The second kappa shape index (κ2) is 6.42. The summed E-state index contributed by atoms with van der Waals surface area (Å²) >= 11 is 1.81. The number of ether oxygens (including phenoxy) is 2. The molecular formula is C13H19NO2SSi. The van der Waals surface area contributed by atoms with Gasteiger partial charge >= 0.3 is 0 Å². The summed E-state index contributed by atoms with van der Waals surface area (Å²) in [5, 5.41) is 2.57. The lowest BCUT2D eigenvalue weighted by Crippen LogP contribution is -2.31. The molecule has 1 aromatic carbocycles. The number of methoxy groups -OCH3 is 2. The zero-order chi connectivity index (χ0) is 13.0. The smallest absolute Gasteiger partial charge is 0.139 e. The molecule has 18 heavy (non-hydrogen) atoms. The molecule has 0 bridgehead atoms. The molecule has 98 valence electrons. The molecule has 0 fully saturated rings. The van der Waals surface area contributed by atoms with Crippen LogP contribution in [0.3, 0.4) is 0 Å². The van der Waals surface area contributed by atoms with Gasteiger partial charge in [0.2, 0.25) is 0 Å². The van der Waals surface area contributed by atoms with Crippen LogP contribution in [0.4, 0.5) is 0 Å². The number of para-hydroxylation sites is 1. The first kappa shape index (κ1) is 13.7. The van der Waals surface area contributed by atoms with Crippen molar-refractivity contribution in [1.29, 1.82) is 0 Å². The maximum Gasteiger partial charge on any atom is 0.139 e. The molecule has 0 spiro atoms. The van der Waals surface area contributed by atoms with Crippen molar-refractivity contribution in [3.63, 3.8) is 0 Å². The highest BCUT2D eigenvalue weighted by Crippen LogP contribution is 2.21. The summed E-state index contributed by atoms with van der Waals surface area (Å²) < 4.78 is 11.9. The van der Waals surface area contributed by atoms with E-state index < -0.39 is 9.52 Å². The quantitative estimate of drug-likeness (QED) is 0.595. The van der Waals surface area contributed by atoms with Crippen LogP contribution in [-0.4, -0.2) is 34.6 Å². The third-order valence-electron chi connectivity index (χ3n) is 2.92. The van der Waals surface area contributed by atoms with Gasteiger partial charge in [0.25, 0.3) is 0 Å². The van der Waals surface area contributed by atoms with E-state index in [2.05, 4.69) is 25.1 Å². The summed E-state index contributed by atoms with van der Waals surface area (Å²) in [5.41, 5.74) is 1.16. The molecule has 0 atom stereocenters. The topological polar surface area (TPSA) is 31.4 Å². The molecule has 5 heteroatoms. The molecule has 0 amide bonds. The van der Waals surface area contributed by atoms with Gasteiger partial charge in [-0.1, -0.05) is 19.1 Å². The van der Waals surface area contributed by atoms with Crippen LogP contribution in [0.15, 0.2) is 18.2 Å². The van der Waals surface area contributed by atoms with Crippen LogP contribution in [0.5, 0.6) is 0 Å². The molecule has 0 saturated carbocycles. The molecule has 2 aromatic rings. The van der Waals surface area contributed by atoms with E-state index in [0.29, 0.717) is 0 Å². The Bertz CT molecular complexity index is 511. The number of nitrogens with zero attached hydrogens (tertiary/aromatic N) is 1. The zero-order valence-electron chi connectivity index (χ0n) is 11.1. The summed E-state index contributed by atoms with van der Waals surface area (Å²) in [7, 11) is 2.78. The van der Waals surface area contributed by atoms with Gasteiger partial charge in [0, 0.05) is 14.2 Å². The average Bonchev–Trinajstić information content (AvgIpc) is 2.79. The third-order valence-corrected chi connectivity index (χ3v) is 6.01. The average molecular weight is 281 g/mol. The van der Waals surface area contributed by atoms with Crippen molar-refractivity contribution in [2.24, 2.45) is 0 Å². The number of fused-ring (bicyclic) bond motifs is 1. The van der Waals surface area contributed by atoms with Crippen molar-refractivity contribution in [1.82, 2.24) is 4.98 Å². The molecule has 0 N–H and O–H groups in total. The fraction of sp³-hybridized carbons (Fsp3) is 0.462. The first-order chi connectivity index (χ1) is 8.78. The second-order valence-corrected chi connectivity index (χ2v) is 7.18. The molecule has 1 heterocycles. The minimum Gasteiger partial charge on any atom is -0.360 e. The third kappa shape index (κ3) is 2.98. The Morgan fingerprint density at radius 2 is 2.11 bits per heavy atom. The van der Waals surface area contributed by atoms with E-state index in [-0.39, 0.29) is 5.91 Å². The normalized spacial score (nSPS) is 12.2. The van der Waals surface area contributed by atoms with Crippen LogP contribution in [-0.2, 0) is 15.9 Å². The minimum absolute atomic E-state index is 0.0630. The van der Waals surface area contributed by atoms with Crippen LogP contribution in [0, 0.1) is 0 Å². The zero-order valence-corrected chi connectivity index (χ0v) is 13.3. The molecule has 2 rings (SSSR count). The van der Waals surface area contributed by atoms with Crippen LogP contribution < -0.4 is 5.19 Å². The lowest BCUT2D eigenvalue weighted by Gasteiger charge is -2.12. The Balaban J connectivity index is 2.32. The fourth-order valence-corrected chi connectivity index (χ4v) is 4.65. The summed E-state index contributed by atoms with van der Waals surface area (Å²) in [6, 6.07) is 6.43. The van der Waals surface area contributed by atoms with Crippen molar-refractivity contribution in [2.45, 2.75) is 25.7 Å². The standard InChI is InChI=1S/C13H19NO2SSi/c1-4-6-11-14-12-9(17-11)7-5-8-10(12)18-13(15-2)16-3/h5,7-8,13H,4,6,18H2,1-3H3. The molecule has 0 aliphatic heterocycles. The molecule has 3 nitrogen and oxygen atoms in total. The number of rotatable bonds is 6. The Kier molecular flexibility index (Phi) is 4.88. The lowest BCUT2D eigenvalue weighted by molar-refractivity contribution is -0.0429. The number of aromatic nitrogens is 1. The van der Waals surface area contributed by atoms with E-state index >= 15 is 0 Å². The van der Waals surface area contributed by atoms with Crippen LogP contribution >= 0.6 is 11.3 Å². The van der Waals surface area contributed by atoms with E-state index in [0.717, 1.165) is 18.4 Å². The van der Waals surface area contributed by atoms with Crippen LogP contribution in [0.1, 0.15) is 18.4 Å². The summed E-state index contributed by atoms with van der Waals surface area (Å²) in [5.74, 6) is -0.0630. The van der Waals surface area contributed by atoms with E-state index in [1.807, 2.05) is 11.3 Å². The predicted octanol–water partition coefficient (Wildman–Crippen LogP) is 1.62. The van der Waals surface area contributed by atoms with Gasteiger partial charge in [0.1, 0.15) is 15.4 Å². The van der Waals surface area contributed by atoms with Crippen molar-refractivity contribution in [2.75, 3.05) is 14.2 Å². The Morgan fingerprint density at radius 1 is 1.33 bits per heavy atom. The Hall–Kier alpha value is -0.753. The van der Waals surface area contributed by atoms with Crippen molar-refractivity contribution >= 4 is 36.3 Å². The maximum atomic E-state index is 5.32. The Morgan fingerprint density at radius 3 is 2.78 bits per heavy atom. The van der Waals surface area contributed by atoms with Gasteiger partial charge in [-0.15, -0.1) is 11.3 Å². The van der Waals surface area contributed by atoms with Crippen LogP contribution in [0.2, 0.25) is 0 Å². The van der Waals surface area contributed by atoms with Crippen molar-refractivity contribution in [3.8, 4) is 0 Å². The van der Waals surface area contributed by atoms with Gasteiger partial charge in [-0.2, -0.15) is 0 Å². The minimum atomic E-state index is -0.620. The monoisotopic (exact) mass is 281 g/mol. The lowest BCUT2D eigenvalue weighted by atomic mass is 10.3. The Labute approximate surface area is 114 Å².